The summed E-state index contributed by atoms with van der Waals surface area (Å²) in [4.78, 5) is 32.0. The second-order valence-electron chi connectivity index (χ2n) is 9.50. The van der Waals surface area contributed by atoms with Gasteiger partial charge in [-0.05, 0) is 72.0 Å². The van der Waals surface area contributed by atoms with Crippen LogP contribution < -0.4 is 19.5 Å². The number of nitrogens with zero attached hydrogens (tertiary/aromatic N) is 2. The molecule has 1 aromatic heterocycles. The van der Waals surface area contributed by atoms with Crippen molar-refractivity contribution in [3.63, 3.8) is 0 Å². The summed E-state index contributed by atoms with van der Waals surface area (Å²) in [5.74, 6) is 0.496. The minimum absolute atomic E-state index is 0.103. The van der Waals surface area contributed by atoms with Gasteiger partial charge in [-0.1, -0.05) is 12.1 Å². The van der Waals surface area contributed by atoms with Crippen LogP contribution in [0.1, 0.15) is 50.0 Å². The minimum atomic E-state index is -0.637. The molecule has 0 saturated heterocycles. The number of hydrogen-bond acceptors (Lipinski definition) is 7. The number of oxazole rings is 1. The fourth-order valence-electron chi connectivity index (χ4n) is 5.12. The summed E-state index contributed by atoms with van der Waals surface area (Å²) in [6, 6.07) is 14.9. The molecule has 8 bridgehead atoms. The Labute approximate surface area is 229 Å². The molecule has 2 amide bonds. The number of halogens is 1. The Kier molecular flexibility index (Phi) is 6.81. The van der Waals surface area contributed by atoms with E-state index in [1.165, 1.54) is 30.9 Å². The van der Waals surface area contributed by atoms with E-state index in [9.17, 15) is 14.0 Å². The number of nitrogens with one attached hydrogen (secondary N) is 1. The molecule has 10 heteroatoms. The predicted octanol–water partition coefficient (Wildman–Crippen LogP) is 4.91. The van der Waals surface area contributed by atoms with Gasteiger partial charge in [0.05, 0.1) is 25.3 Å². The van der Waals surface area contributed by atoms with Gasteiger partial charge in [-0.2, -0.15) is 0 Å². The molecule has 3 aromatic carbocycles. The first kappa shape index (κ1) is 25.4. The lowest BCUT2D eigenvalue weighted by Gasteiger charge is -2.37. The fourth-order valence-corrected chi connectivity index (χ4v) is 5.12. The van der Waals surface area contributed by atoms with E-state index in [1.54, 1.807) is 18.1 Å². The van der Waals surface area contributed by atoms with Gasteiger partial charge in [-0.3, -0.25) is 9.59 Å². The van der Waals surface area contributed by atoms with E-state index in [-0.39, 0.29) is 30.3 Å². The van der Waals surface area contributed by atoms with E-state index >= 15 is 0 Å². The van der Waals surface area contributed by atoms with Gasteiger partial charge in [0.15, 0.2) is 23.6 Å². The topological polar surface area (TPSA) is 103 Å². The van der Waals surface area contributed by atoms with Gasteiger partial charge in [0, 0.05) is 13.1 Å². The van der Waals surface area contributed by atoms with Gasteiger partial charge in [0.2, 0.25) is 0 Å². The zero-order chi connectivity index (χ0) is 27.6. The molecule has 0 aliphatic carbocycles. The monoisotopic (exact) mass is 543 g/mol. The van der Waals surface area contributed by atoms with Gasteiger partial charge in [0.25, 0.3) is 11.8 Å². The zero-order valence-electron chi connectivity index (χ0n) is 21.7. The van der Waals surface area contributed by atoms with Crippen LogP contribution in [0.3, 0.4) is 0 Å². The Morgan fingerprint density at radius 1 is 1.12 bits per heavy atom. The normalized spacial score (nSPS) is 16.7. The van der Waals surface area contributed by atoms with Crippen LogP contribution in [-0.2, 0) is 6.42 Å². The molecule has 9 nitrogen and oxygen atoms in total. The van der Waals surface area contributed by atoms with Crippen LogP contribution in [0.2, 0.25) is 0 Å². The third-order valence-electron chi connectivity index (χ3n) is 7.04. The molecular weight excluding hydrogens is 517 g/mol. The Morgan fingerprint density at radius 2 is 1.98 bits per heavy atom. The fraction of sp³-hybridized carbons (Fsp3) is 0.233. The second kappa shape index (κ2) is 10.7. The van der Waals surface area contributed by atoms with E-state index in [4.69, 9.17) is 18.6 Å². The van der Waals surface area contributed by atoms with Gasteiger partial charge >= 0.3 is 0 Å². The molecule has 1 N–H and O–H groups in total. The molecule has 3 aliphatic rings. The van der Waals surface area contributed by atoms with Crippen LogP contribution in [0.5, 0.6) is 23.0 Å². The number of hydrogen-bond donors (Lipinski definition) is 1. The lowest BCUT2D eigenvalue weighted by molar-refractivity contribution is 0.0688. The average Bonchev–Trinajstić information content (AvgIpc) is 3.51. The summed E-state index contributed by atoms with van der Waals surface area (Å²) in [7, 11) is 1.56. The van der Waals surface area contributed by atoms with Crippen LogP contribution in [0.15, 0.2) is 71.7 Å². The SMILES string of the molecule is COc1ccc2cc1OCCCNC(=O)c1cc(ccc1F)Oc1ccc3c(c1)CCN(C(=O)c1cocn1)C23. The highest BCUT2D eigenvalue weighted by Crippen LogP contribution is 2.41. The molecule has 4 aromatic rings. The number of methoxy groups -OCH3 is 1. The van der Waals surface area contributed by atoms with Crippen LogP contribution >= 0.6 is 0 Å². The van der Waals surface area contributed by atoms with Crippen LogP contribution in [0.4, 0.5) is 4.39 Å². The van der Waals surface area contributed by atoms with Crippen LogP contribution in [0, 0.1) is 5.82 Å². The molecule has 0 fully saturated rings. The molecule has 7 rings (SSSR count). The summed E-state index contributed by atoms with van der Waals surface area (Å²) in [5.41, 5.74) is 2.87. The lowest BCUT2D eigenvalue weighted by Crippen LogP contribution is -2.40. The number of carbonyl (C=O) groups is 2. The zero-order valence-corrected chi connectivity index (χ0v) is 21.7. The summed E-state index contributed by atoms with van der Waals surface area (Å²) >= 11 is 0. The minimum Gasteiger partial charge on any atom is -0.493 e. The van der Waals surface area contributed by atoms with Gasteiger partial charge in [-0.25, -0.2) is 9.37 Å². The highest BCUT2D eigenvalue weighted by atomic mass is 19.1. The number of benzene rings is 3. The van der Waals surface area contributed by atoms with Crippen LogP contribution in [0.25, 0.3) is 0 Å². The molecule has 0 saturated carbocycles. The van der Waals surface area contributed by atoms with Crippen molar-refractivity contribution < 1.29 is 32.6 Å². The number of amides is 2. The first-order valence-electron chi connectivity index (χ1n) is 12.9. The largest absolute Gasteiger partial charge is 0.493 e. The standard InChI is InChI=1S/C30H26FN3O6/c1-37-26-8-3-19-14-27(26)39-12-2-10-32-29(35)23-15-21(5-7-24(23)31)40-20-4-6-22-18(13-20)9-11-34(28(19)22)30(36)25-16-38-17-33-25/h3-8,13-17,28H,2,9-12H2,1H3,(H,32,35). The van der Waals surface area contributed by atoms with Crippen molar-refractivity contribution in [2.45, 2.75) is 18.9 Å². The maximum Gasteiger partial charge on any atom is 0.276 e. The maximum atomic E-state index is 14.5. The third kappa shape index (κ3) is 4.84. The first-order chi connectivity index (χ1) is 19.5. The van der Waals surface area contributed by atoms with Crippen molar-refractivity contribution in [3.05, 3.63) is 101 Å². The average molecular weight is 544 g/mol. The summed E-state index contributed by atoms with van der Waals surface area (Å²) in [6.07, 6.45) is 3.63. The molecule has 0 spiro atoms. The number of fused-ring (bicyclic) bond motifs is 6. The molecule has 204 valence electrons. The molecule has 3 aliphatic heterocycles. The summed E-state index contributed by atoms with van der Waals surface area (Å²) < 4.78 is 37.2. The Morgan fingerprint density at radius 3 is 2.80 bits per heavy atom. The highest BCUT2D eigenvalue weighted by molar-refractivity contribution is 5.95. The Balaban J connectivity index is 1.46. The van der Waals surface area contributed by atoms with Crippen molar-refractivity contribution >= 4 is 11.8 Å². The number of rotatable bonds is 2. The summed E-state index contributed by atoms with van der Waals surface area (Å²) in [6.45, 7) is 0.978. The van der Waals surface area contributed by atoms with E-state index in [1.807, 2.05) is 30.3 Å². The van der Waals surface area contributed by atoms with E-state index in [2.05, 4.69) is 10.3 Å². The molecular formula is C30H26FN3O6. The number of aromatic nitrogens is 1. The smallest absolute Gasteiger partial charge is 0.276 e. The van der Waals surface area contributed by atoms with E-state index in [0.717, 1.165) is 16.7 Å². The van der Waals surface area contributed by atoms with Crippen molar-refractivity contribution in [1.29, 1.82) is 0 Å². The Hall–Kier alpha value is -4.86. The van der Waals surface area contributed by atoms with Crippen molar-refractivity contribution in [2.24, 2.45) is 0 Å². The van der Waals surface area contributed by atoms with Gasteiger partial charge in [-0.15, -0.1) is 0 Å². The first-order valence-corrected chi connectivity index (χ1v) is 12.9. The second-order valence-corrected chi connectivity index (χ2v) is 9.50. The molecule has 0 radical (unpaired) electrons. The predicted molar refractivity (Wildman–Crippen MR) is 141 cm³/mol. The summed E-state index contributed by atoms with van der Waals surface area (Å²) in [5, 5.41) is 2.73. The number of carbonyl (C=O) groups excluding carboxylic acids is 2. The van der Waals surface area contributed by atoms with E-state index in [0.29, 0.717) is 42.4 Å². The van der Waals surface area contributed by atoms with E-state index < -0.39 is 17.8 Å². The number of ether oxygens (including phenoxy) is 3. The van der Waals surface area contributed by atoms with Crippen LogP contribution in [-0.4, -0.2) is 48.5 Å². The Bertz CT molecular complexity index is 1570. The third-order valence-corrected chi connectivity index (χ3v) is 7.04. The molecule has 1 atom stereocenters. The molecule has 1 unspecified atom stereocenters. The quantitative estimate of drug-likeness (QED) is 0.383. The van der Waals surface area contributed by atoms with Gasteiger partial charge < -0.3 is 28.8 Å². The lowest BCUT2D eigenvalue weighted by atomic mass is 9.87. The van der Waals surface area contributed by atoms with Crippen molar-refractivity contribution in [3.8, 4) is 23.0 Å². The highest BCUT2D eigenvalue weighted by Gasteiger charge is 2.34. The maximum absolute atomic E-state index is 14.5. The van der Waals surface area contributed by atoms with Crippen molar-refractivity contribution in [2.75, 3.05) is 26.8 Å². The van der Waals surface area contributed by atoms with Crippen molar-refractivity contribution in [1.82, 2.24) is 15.2 Å². The molecule has 40 heavy (non-hydrogen) atoms. The molecule has 4 heterocycles. The van der Waals surface area contributed by atoms with Gasteiger partial charge in [0.1, 0.15) is 23.6 Å².